The van der Waals surface area contributed by atoms with Crippen molar-refractivity contribution < 1.29 is 8.42 Å². The second-order valence-electron chi connectivity index (χ2n) is 5.58. The molecule has 0 spiro atoms. The molecule has 0 amide bonds. The Morgan fingerprint density at radius 1 is 1.40 bits per heavy atom. The van der Waals surface area contributed by atoms with E-state index in [0.717, 1.165) is 12.2 Å². The lowest BCUT2D eigenvalue weighted by molar-refractivity contribution is 0.492. The summed E-state index contributed by atoms with van der Waals surface area (Å²) in [4.78, 5) is 2.47. The van der Waals surface area contributed by atoms with Crippen molar-refractivity contribution in [3.05, 3.63) is 18.2 Å². The zero-order valence-electron chi connectivity index (χ0n) is 12.3. The van der Waals surface area contributed by atoms with Gasteiger partial charge in [-0.2, -0.15) is 0 Å². The van der Waals surface area contributed by atoms with Crippen molar-refractivity contribution in [2.75, 3.05) is 24.2 Å². The van der Waals surface area contributed by atoms with Crippen LogP contribution in [0.5, 0.6) is 0 Å². The lowest BCUT2D eigenvalue weighted by Gasteiger charge is -2.30. The van der Waals surface area contributed by atoms with Crippen LogP contribution in [0.1, 0.15) is 26.7 Å². The van der Waals surface area contributed by atoms with Crippen molar-refractivity contribution in [3.63, 3.8) is 0 Å². The highest BCUT2D eigenvalue weighted by Crippen LogP contribution is 2.32. The van der Waals surface area contributed by atoms with Crippen LogP contribution in [0, 0.1) is 5.92 Å². The van der Waals surface area contributed by atoms with Crippen LogP contribution in [-0.2, 0) is 10.0 Å². The normalized spacial score (nSPS) is 19.8. The second-order valence-corrected chi connectivity index (χ2v) is 7.43. The van der Waals surface area contributed by atoms with E-state index in [9.17, 15) is 8.42 Å². The molecule has 1 fully saturated rings. The molecule has 20 heavy (non-hydrogen) atoms. The second kappa shape index (κ2) is 5.61. The summed E-state index contributed by atoms with van der Waals surface area (Å²) in [6, 6.07) is 5.71. The molecular formula is C14H23N3O2S. The lowest BCUT2D eigenvalue weighted by atomic mass is 10.0. The number of anilines is 2. The fourth-order valence-corrected chi connectivity index (χ4v) is 3.71. The van der Waals surface area contributed by atoms with Gasteiger partial charge in [0, 0.05) is 18.3 Å². The van der Waals surface area contributed by atoms with Gasteiger partial charge in [-0.15, -0.1) is 0 Å². The van der Waals surface area contributed by atoms with Gasteiger partial charge in [0.15, 0.2) is 0 Å². The molecule has 112 valence electrons. The maximum atomic E-state index is 11.8. The van der Waals surface area contributed by atoms with E-state index in [1.165, 1.54) is 19.9 Å². The molecule has 3 N–H and O–H groups in total. The number of benzene rings is 1. The number of hydrogen-bond acceptors (Lipinski definition) is 4. The van der Waals surface area contributed by atoms with E-state index in [4.69, 9.17) is 5.73 Å². The maximum absolute atomic E-state index is 11.8. The quantitative estimate of drug-likeness (QED) is 0.831. The van der Waals surface area contributed by atoms with Crippen LogP contribution in [0.2, 0.25) is 0 Å². The third kappa shape index (κ3) is 2.76. The molecule has 2 rings (SSSR count). The monoisotopic (exact) mass is 297 g/mol. The molecule has 0 aromatic heterocycles. The van der Waals surface area contributed by atoms with Crippen LogP contribution < -0.4 is 15.4 Å². The Morgan fingerprint density at radius 3 is 2.65 bits per heavy atom. The van der Waals surface area contributed by atoms with E-state index in [-0.39, 0.29) is 4.90 Å². The summed E-state index contributed by atoms with van der Waals surface area (Å²) in [5, 5.41) is 0. The predicted octanol–water partition coefficient (Wildman–Crippen LogP) is 1.80. The zero-order valence-corrected chi connectivity index (χ0v) is 13.1. The summed E-state index contributed by atoms with van der Waals surface area (Å²) < 4.78 is 25.9. The predicted molar refractivity (Wildman–Crippen MR) is 82.3 cm³/mol. The van der Waals surface area contributed by atoms with E-state index < -0.39 is 10.0 Å². The zero-order chi connectivity index (χ0) is 14.9. The molecule has 1 aliphatic rings. The average molecular weight is 297 g/mol. The molecule has 0 radical (unpaired) electrons. The van der Waals surface area contributed by atoms with E-state index in [0.29, 0.717) is 17.6 Å². The number of rotatable bonds is 4. The number of nitrogens with one attached hydrogen (secondary N) is 1. The Labute approximate surface area is 121 Å². The molecule has 0 bridgehead atoms. The first-order valence-electron chi connectivity index (χ1n) is 6.96. The van der Waals surface area contributed by atoms with Gasteiger partial charge in [-0.25, -0.2) is 13.1 Å². The Hall–Kier alpha value is -1.27. The minimum Gasteiger partial charge on any atom is -0.398 e. The number of sulfonamides is 1. The molecule has 1 atom stereocenters. The lowest BCUT2D eigenvalue weighted by Crippen LogP contribution is -2.33. The Balaban J connectivity index is 2.34. The minimum absolute atomic E-state index is 0.143. The summed E-state index contributed by atoms with van der Waals surface area (Å²) >= 11 is 0. The van der Waals surface area contributed by atoms with Gasteiger partial charge in [-0.3, -0.25) is 0 Å². The fraction of sp³-hybridized carbons (Fsp3) is 0.571. The molecule has 1 saturated heterocycles. The summed E-state index contributed by atoms with van der Waals surface area (Å²) in [6.45, 7) is 5.43. The molecule has 0 aliphatic carbocycles. The summed E-state index contributed by atoms with van der Waals surface area (Å²) in [5.41, 5.74) is 7.23. The van der Waals surface area contributed by atoms with Crippen molar-refractivity contribution >= 4 is 21.4 Å². The van der Waals surface area contributed by atoms with Crippen molar-refractivity contribution in [3.8, 4) is 0 Å². The maximum Gasteiger partial charge on any atom is 0.242 e. The third-order valence-electron chi connectivity index (χ3n) is 3.95. The molecule has 1 heterocycles. The molecule has 1 aromatic rings. The minimum atomic E-state index is -3.49. The molecule has 0 saturated carbocycles. The van der Waals surface area contributed by atoms with Gasteiger partial charge in [0.1, 0.15) is 4.90 Å². The van der Waals surface area contributed by atoms with Crippen molar-refractivity contribution in [1.82, 2.24) is 4.72 Å². The van der Waals surface area contributed by atoms with Crippen LogP contribution in [0.15, 0.2) is 23.1 Å². The highest BCUT2D eigenvalue weighted by molar-refractivity contribution is 7.89. The number of nitrogens with zero attached hydrogens (tertiary/aromatic N) is 1. The molecule has 1 aliphatic heterocycles. The molecular weight excluding hydrogens is 274 g/mol. The van der Waals surface area contributed by atoms with Gasteiger partial charge in [0.2, 0.25) is 10.0 Å². The standard InChI is InChI=1S/C14H23N3O2S/c1-10(2)13-5-4-8-17(13)11-6-7-14(12(15)9-11)20(18,19)16-3/h6-7,9-10,13,16H,4-5,8,15H2,1-3H3. The third-order valence-corrected chi connectivity index (χ3v) is 5.44. The van der Waals surface area contributed by atoms with E-state index in [2.05, 4.69) is 23.5 Å². The van der Waals surface area contributed by atoms with Gasteiger partial charge < -0.3 is 10.6 Å². The van der Waals surface area contributed by atoms with E-state index in [1.54, 1.807) is 12.1 Å². The average Bonchev–Trinajstić information content (AvgIpc) is 2.87. The highest BCUT2D eigenvalue weighted by atomic mass is 32.2. The van der Waals surface area contributed by atoms with Crippen LogP contribution in [0.3, 0.4) is 0 Å². The van der Waals surface area contributed by atoms with E-state index in [1.807, 2.05) is 6.07 Å². The largest absolute Gasteiger partial charge is 0.398 e. The topological polar surface area (TPSA) is 75.4 Å². The molecule has 5 nitrogen and oxygen atoms in total. The fourth-order valence-electron chi connectivity index (χ4n) is 2.88. The van der Waals surface area contributed by atoms with Gasteiger partial charge >= 0.3 is 0 Å². The number of nitrogen functional groups attached to an aromatic ring is 1. The Bertz CT molecular complexity index is 584. The molecule has 6 heteroatoms. The highest BCUT2D eigenvalue weighted by Gasteiger charge is 2.28. The van der Waals surface area contributed by atoms with Crippen molar-refractivity contribution in [2.45, 2.75) is 37.6 Å². The van der Waals surface area contributed by atoms with Gasteiger partial charge in [-0.05, 0) is 44.0 Å². The van der Waals surface area contributed by atoms with Crippen LogP contribution in [0.4, 0.5) is 11.4 Å². The van der Waals surface area contributed by atoms with Crippen molar-refractivity contribution in [2.24, 2.45) is 5.92 Å². The van der Waals surface area contributed by atoms with Crippen LogP contribution in [0.25, 0.3) is 0 Å². The first-order valence-corrected chi connectivity index (χ1v) is 8.45. The van der Waals surface area contributed by atoms with Gasteiger partial charge in [-0.1, -0.05) is 13.8 Å². The first kappa shape index (κ1) is 15.1. The number of hydrogen-bond donors (Lipinski definition) is 2. The molecule has 1 unspecified atom stereocenters. The summed E-state index contributed by atoms with van der Waals surface area (Å²) in [5.74, 6) is 0.569. The van der Waals surface area contributed by atoms with Gasteiger partial charge in [0.05, 0.1) is 5.69 Å². The van der Waals surface area contributed by atoms with Crippen LogP contribution >= 0.6 is 0 Å². The number of nitrogens with two attached hydrogens (primary N) is 1. The van der Waals surface area contributed by atoms with Crippen LogP contribution in [-0.4, -0.2) is 28.1 Å². The SMILES string of the molecule is CNS(=O)(=O)c1ccc(N2CCCC2C(C)C)cc1N. The smallest absolute Gasteiger partial charge is 0.242 e. The van der Waals surface area contributed by atoms with E-state index >= 15 is 0 Å². The summed E-state index contributed by atoms with van der Waals surface area (Å²) in [6.07, 6.45) is 2.34. The summed E-state index contributed by atoms with van der Waals surface area (Å²) in [7, 11) is -2.11. The van der Waals surface area contributed by atoms with Crippen molar-refractivity contribution in [1.29, 1.82) is 0 Å². The molecule has 1 aromatic carbocycles. The van der Waals surface area contributed by atoms with Gasteiger partial charge in [0.25, 0.3) is 0 Å². The Kier molecular flexibility index (Phi) is 4.25. The Morgan fingerprint density at radius 2 is 2.10 bits per heavy atom. The first-order chi connectivity index (χ1) is 9.36.